The van der Waals surface area contributed by atoms with Crippen LogP contribution < -0.4 is 4.90 Å². The summed E-state index contributed by atoms with van der Waals surface area (Å²) in [6.45, 7) is 5.24. The largest absolute Gasteiger partial charge is 0.352 e. The van der Waals surface area contributed by atoms with Crippen LogP contribution in [0.2, 0.25) is 5.02 Å². The summed E-state index contributed by atoms with van der Waals surface area (Å²) >= 11 is 6.08. The molecule has 0 radical (unpaired) electrons. The van der Waals surface area contributed by atoms with Gasteiger partial charge in [-0.3, -0.25) is 15.0 Å². The molecule has 1 aliphatic rings. The van der Waals surface area contributed by atoms with Crippen molar-refractivity contribution in [2.75, 3.05) is 31.6 Å². The second-order valence-corrected chi connectivity index (χ2v) is 7.47. The van der Waals surface area contributed by atoms with Crippen LogP contribution >= 0.6 is 11.6 Å². The molecule has 0 spiro atoms. The van der Waals surface area contributed by atoms with Gasteiger partial charge in [0.05, 0.1) is 11.3 Å². The van der Waals surface area contributed by atoms with E-state index in [9.17, 15) is 0 Å². The zero-order valence-corrected chi connectivity index (χ0v) is 16.4. The molecular formula is C21H24ClN5. The lowest BCUT2D eigenvalue weighted by atomic mass is 10.0. The molecule has 1 N–H and O–H groups in total. The molecule has 3 heterocycles. The Morgan fingerprint density at radius 2 is 1.81 bits per heavy atom. The Morgan fingerprint density at radius 1 is 1.07 bits per heavy atom. The number of piperazine rings is 1. The van der Waals surface area contributed by atoms with Gasteiger partial charge in [-0.25, -0.2) is 0 Å². The molecule has 1 saturated heterocycles. The summed E-state index contributed by atoms with van der Waals surface area (Å²) in [5.74, 6) is 1.01. The van der Waals surface area contributed by atoms with E-state index in [4.69, 9.17) is 16.7 Å². The fourth-order valence-electron chi connectivity index (χ4n) is 3.76. The molecule has 1 aliphatic heterocycles. The molecule has 0 saturated carbocycles. The van der Waals surface area contributed by atoms with Crippen molar-refractivity contribution in [2.45, 2.75) is 19.4 Å². The molecule has 1 unspecified atom stereocenters. The van der Waals surface area contributed by atoms with Crippen molar-refractivity contribution in [2.24, 2.45) is 0 Å². The Morgan fingerprint density at radius 3 is 2.52 bits per heavy atom. The molecule has 1 fully saturated rings. The van der Waals surface area contributed by atoms with Gasteiger partial charge in [0.25, 0.3) is 0 Å². The summed E-state index contributed by atoms with van der Waals surface area (Å²) < 4.78 is 0. The smallest absolute Gasteiger partial charge is 0.159 e. The third-order valence-electron chi connectivity index (χ3n) is 5.40. The van der Waals surface area contributed by atoms with Gasteiger partial charge in [-0.15, -0.1) is 0 Å². The number of pyridine rings is 1. The monoisotopic (exact) mass is 381 g/mol. The average Bonchev–Trinajstić information content (AvgIpc) is 3.14. The molecule has 6 heteroatoms. The van der Waals surface area contributed by atoms with E-state index in [0.29, 0.717) is 6.04 Å². The van der Waals surface area contributed by atoms with E-state index >= 15 is 0 Å². The lowest BCUT2D eigenvalue weighted by molar-refractivity contribution is 0.213. The fraction of sp³-hybridized carbons (Fsp3) is 0.333. The molecule has 4 rings (SSSR count). The SMILES string of the molecule is CCC1CN(c2n[nH]c(-c3ccc(Cl)cc3)c2-c2ccncc2)CCN1C. The van der Waals surface area contributed by atoms with Gasteiger partial charge in [-0.1, -0.05) is 30.7 Å². The van der Waals surface area contributed by atoms with Crippen molar-refractivity contribution < 1.29 is 0 Å². The van der Waals surface area contributed by atoms with Crippen LogP contribution in [0.15, 0.2) is 48.8 Å². The van der Waals surface area contributed by atoms with Gasteiger partial charge in [0.15, 0.2) is 5.82 Å². The normalized spacial score (nSPS) is 18.0. The first-order valence-corrected chi connectivity index (χ1v) is 9.75. The van der Waals surface area contributed by atoms with E-state index in [0.717, 1.165) is 59.3 Å². The number of nitrogens with one attached hydrogen (secondary N) is 1. The van der Waals surface area contributed by atoms with Crippen molar-refractivity contribution in [1.82, 2.24) is 20.1 Å². The predicted molar refractivity (Wildman–Crippen MR) is 111 cm³/mol. The lowest BCUT2D eigenvalue weighted by Gasteiger charge is -2.39. The maximum Gasteiger partial charge on any atom is 0.159 e. The Kier molecular flexibility index (Phi) is 5.14. The lowest BCUT2D eigenvalue weighted by Crippen LogP contribution is -2.51. The van der Waals surface area contributed by atoms with Gasteiger partial charge in [0.2, 0.25) is 0 Å². The van der Waals surface area contributed by atoms with Crippen LogP contribution in [-0.2, 0) is 0 Å². The molecule has 0 aliphatic carbocycles. The molecule has 27 heavy (non-hydrogen) atoms. The number of hydrogen-bond donors (Lipinski definition) is 1. The van der Waals surface area contributed by atoms with Gasteiger partial charge in [0.1, 0.15) is 0 Å². The standard InChI is InChI=1S/C21H24ClN5/c1-3-18-14-27(13-12-26(18)2)21-19(15-8-10-23-11-9-15)20(24-25-21)16-4-6-17(22)7-5-16/h4-11,18H,3,12-14H2,1-2H3,(H,24,25). The van der Waals surface area contributed by atoms with Gasteiger partial charge < -0.3 is 4.90 Å². The number of rotatable bonds is 4. The number of benzene rings is 1. The zero-order chi connectivity index (χ0) is 18.8. The topological polar surface area (TPSA) is 48.1 Å². The van der Waals surface area contributed by atoms with Gasteiger partial charge >= 0.3 is 0 Å². The number of likely N-dealkylation sites (N-methyl/N-ethyl adjacent to an activating group) is 1. The molecular weight excluding hydrogens is 358 g/mol. The predicted octanol–water partition coefficient (Wildman–Crippen LogP) is 4.32. The average molecular weight is 382 g/mol. The van der Waals surface area contributed by atoms with Crippen LogP contribution in [0.25, 0.3) is 22.4 Å². The third kappa shape index (κ3) is 3.57. The van der Waals surface area contributed by atoms with E-state index in [1.165, 1.54) is 0 Å². The van der Waals surface area contributed by atoms with E-state index in [1.807, 2.05) is 48.8 Å². The van der Waals surface area contributed by atoms with E-state index in [2.05, 4.69) is 33.9 Å². The third-order valence-corrected chi connectivity index (χ3v) is 5.65. The van der Waals surface area contributed by atoms with E-state index in [-0.39, 0.29) is 0 Å². The van der Waals surface area contributed by atoms with Crippen LogP contribution in [0, 0.1) is 0 Å². The van der Waals surface area contributed by atoms with Crippen molar-refractivity contribution in [1.29, 1.82) is 0 Å². The van der Waals surface area contributed by atoms with Crippen molar-refractivity contribution in [3.8, 4) is 22.4 Å². The van der Waals surface area contributed by atoms with Gasteiger partial charge in [0, 0.05) is 48.7 Å². The first kappa shape index (κ1) is 18.0. The summed E-state index contributed by atoms with van der Waals surface area (Å²) in [5, 5.41) is 8.75. The Balaban J connectivity index is 1.79. The highest BCUT2D eigenvalue weighted by atomic mass is 35.5. The van der Waals surface area contributed by atoms with Crippen LogP contribution in [0.5, 0.6) is 0 Å². The second-order valence-electron chi connectivity index (χ2n) is 7.03. The highest BCUT2D eigenvalue weighted by Crippen LogP contribution is 2.38. The molecule has 5 nitrogen and oxygen atoms in total. The second kappa shape index (κ2) is 7.71. The quantitative estimate of drug-likeness (QED) is 0.731. The summed E-state index contributed by atoms with van der Waals surface area (Å²) in [5.41, 5.74) is 4.33. The van der Waals surface area contributed by atoms with Crippen LogP contribution in [-0.4, -0.2) is 52.8 Å². The van der Waals surface area contributed by atoms with Gasteiger partial charge in [-0.05, 0) is 43.3 Å². The van der Waals surface area contributed by atoms with Crippen LogP contribution in [0.1, 0.15) is 13.3 Å². The fourth-order valence-corrected chi connectivity index (χ4v) is 3.88. The molecule has 2 aromatic heterocycles. The number of H-pyrrole nitrogens is 1. The molecule has 1 aromatic carbocycles. The first-order valence-electron chi connectivity index (χ1n) is 9.37. The van der Waals surface area contributed by atoms with Gasteiger partial charge in [-0.2, -0.15) is 5.10 Å². The summed E-state index contributed by atoms with van der Waals surface area (Å²) in [6.07, 6.45) is 4.79. The molecule has 0 bridgehead atoms. The number of anilines is 1. The number of aromatic amines is 1. The van der Waals surface area contributed by atoms with Crippen molar-refractivity contribution >= 4 is 17.4 Å². The molecule has 3 aromatic rings. The summed E-state index contributed by atoms with van der Waals surface area (Å²) in [6, 6.07) is 12.5. The maximum atomic E-state index is 6.08. The first-order chi connectivity index (χ1) is 13.2. The van der Waals surface area contributed by atoms with Crippen molar-refractivity contribution in [3.05, 3.63) is 53.8 Å². The maximum absolute atomic E-state index is 6.08. The highest BCUT2D eigenvalue weighted by molar-refractivity contribution is 6.30. The number of nitrogens with zero attached hydrogens (tertiary/aromatic N) is 4. The van der Waals surface area contributed by atoms with Crippen molar-refractivity contribution in [3.63, 3.8) is 0 Å². The Bertz CT molecular complexity index is 891. The summed E-state index contributed by atoms with van der Waals surface area (Å²) in [4.78, 5) is 9.02. The molecule has 1 atom stereocenters. The Hall–Kier alpha value is -2.37. The highest BCUT2D eigenvalue weighted by Gasteiger charge is 2.28. The minimum Gasteiger partial charge on any atom is -0.352 e. The Labute approximate surface area is 165 Å². The summed E-state index contributed by atoms with van der Waals surface area (Å²) in [7, 11) is 2.21. The number of halogens is 1. The van der Waals surface area contributed by atoms with E-state index in [1.54, 1.807) is 0 Å². The zero-order valence-electron chi connectivity index (χ0n) is 15.7. The minimum absolute atomic E-state index is 0.541. The number of aromatic nitrogens is 3. The number of hydrogen-bond acceptors (Lipinski definition) is 4. The molecule has 0 amide bonds. The minimum atomic E-state index is 0.541. The van der Waals surface area contributed by atoms with E-state index < -0.39 is 0 Å². The molecule has 140 valence electrons. The van der Waals surface area contributed by atoms with Crippen LogP contribution in [0.4, 0.5) is 5.82 Å². The van der Waals surface area contributed by atoms with Crippen LogP contribution in [0.3, 0.4) is 0 Å².